The molecule has 0 bridgehead atoms. The lowest BCUT2D eigenvalue weighted by Crippen LogP contribution is -2.52. The van der Waals surface area contributed by atoms with E-state index < -0.39 is 47.6 Å². The summed E-state index contributed by atoms with van der Waals surface area (Å²) in [6.45, 7) is 1.23. The molecule has 10 heteroatoms. The molecule has 1 aliphatic rings. The Morgan fingerprint density at radius 2 is 2.04 bits per heavy atom. The normalized spacial score (nSPS) is 21.0. The fourth-order valence-electron chi connectivity index (χ4n) is 3.01. The van der Waals surface area contributed by atoms with Gasteiger partial charge in [-0.3, -0.25) is 14.4 Å². The van der Waals surface area contributed by atoms with Crippen molar-refractivity contribution in [3.63, 3.8) is 0 Å². The van der Waals surface area contributed by atoms with Crippen LogP contribution in [0.2, 0.25) is 0 Å². The van der Waals surface area contributed by atoms with Crippen LogP contribution in [0.5, 0.6) is 0 Å². The van der Waals surface area contributed by atoms with E-state index in [4.69, 9.17) is 5.73 Å². The lowest BCUT2D eigenvalue weighted by atomic mass is 10.0. The third-order valence-electron chi connectivity index (χ3n) is 4.34. The molecule has 2 rings (SSSR count). The number of halogens is 3. The van der Waals surface area contributed by atoms with Gasteiger partial charge in [0.2, 0.25) is 17.7 Å². The molecule has 4 N–H and O–H groups in total. The van der Waals surface area contributed by atoms with Gasteiger partial charge < -0.3 is 21.1 Å². The van der Waals surface area contributed by atoms with Crippen molar-refractivity contribution in [1.29, 1.82) is 0 Å². The number of nitrogens with zero attached hydrogens (tertiary/aromatic N) is 1. The Kier molecular flexibility index (Phi) is 6.09. The molecule has 0 aromatic heterocycles. The summed E-state index contributed by atoms with van der Waals surface area (Å²) < 4.78 is 38.4. The number of rotatable bonds is 5. The number of aliphatic hydroxyl groups excluding tert-OH is 1. The Morgan fingerprint density at radius 1 is 1.37 bits per heavy atom. The van der Waals surface area contributed by atoms with Crippen LogP contribution in [-0.2, 0) is 27.0 Å². The van der Waals surface area contributed by atoms with E-state index in [1.807, 2.05) is 0 Å². The van der Waals surface area contributed by atoms with Crippen LogP contribution in [0.1, 0.15) is 24.5 Å². The third-order valence-corrected chi connectivity index (χ3v) is 4.34. The van der Waals surface area contributed by atoms with Crippen molar-refractivity contribution < 1.29 is 32.7 Å². The number of nitrogens with one attached hydrogen (secondary N) is 1. The van der Waals surface area contributed by atoms with Gasteiger partial charge in [0.1, 0.15) is 12.1 Å². The van der Waals surface area contributed by atoms with E-state index in [-0.39, 0.29) is 24.9 Å². The lowest BCUT2D eigenvalue weighted by Gasteiger charge is -2.24. The number of alkyl halides is 3. The maximum atomic E-state index is 12.8. The van der Waals surface area contributed by atoms with Crippen LogP contribution in [0.4, 0.5) is 13.2 Å². The van der Waals surface area contributed by atoms with Gasteiger partial charge in [-0.25, -0.2) is 0 Å². The molecule has 1 heterocycles. The number of hydrogen-bond donors (Lipinski definition) is 3. The first-order chi connectivity index (χ1) is 12.5. The quantitative estimate of drug-likeness (QED) is 0.670. The minimum Gasteiger partial charge on any atom is -0.391 e. The summed E-state index contributed by atoms with van der Waals surface area (Å²) in [5, 5.41) is 12.1. The zero-order chi connectivity index (χ0) is 20.4. The van der Waals surface area contributed by atoms with Crippen LogP contribution in [0.3, 0.4) is 0 Å². The molecule has 0 radical (unpaired) electrons. The molecule has 0 unspecified atom stereocenters. The summed E-state index contributed by atoms with van der Waals surface area (Å²) in [5.41, 5.74) is 4.56. The number of likely N-dealkylation sites (tertiary alicyclic amines) is 1. The molecule has 0 aliphatic carbocycles. The summed E-state index contributed by atoms with van der Waals surface area (Å²) in [5.74, 6) is -2.04. The average Bonchev–Trinajstić information content (AvgIpc) is 2.96. The topological polar surface area (TPSA) is 113 Å². The maximum Gasteiger partial charge on any atom is 0.416 e. The molecule has 1 saturated heterocycles. The number of primary amides is 1. The Labute approximate surface area is 153 Å². The molecule has 148 valence electrons. The average molecular weight is 387 g/mol. The highest BCUT2D eigenvalue weighted by atomic mass is 19.4. The van der Waals surface area contributed by atoms with Crippen LogP contribution >= 0.6 is 0 Å². The molecular weight excluding hydrogens is 367 g/mol. The zero-order valence-corrected chi connectivity index (χ0v) is 14.5. The SMILES string of the molecule is CC(=O)N1C[C@H](O)C[C@H]1C(=O)N[C@H](Cc1cccc(C(F)(F)F)c1)C(N)=O. The monoisotopic (exact) mass is 387 g/mol. The first-order valence-electron chi connectivity index (χ1n) is 8.20. The van der Waals surface area contributed by atoms with Crippen LogP contribution in [0.25, 0.3) is 0 Å². The van der Waals surface area contributed by atoms with E-state index in [2.05, 4.69) is 5.32 Å². The van der Waals surface area contributed by atoms with E-state index in [0.29, 0.717) is 0 Å². The van der Waals surface area contributed by atoms with E-state index >= 15 is 0 Å². The molecule has 7 nitrogen and oxygen atoms in total. The highest BCUT2D eigenvalue weighted by Gasteiger charge is 2.38. The second-order valence-electron chi connectivity index (χ2n) is 6.44. The molecule has 0 saturated carbocycles. The number of carbonyl (C=O) groups is 3. The largest absolute Gasteiger partial charge is 0.416 e. The highest BCUT2D eigenvalue weighted by Crippen LogP contribution is 2.29. The lowest BCUT2D eigenvalue weighted by molar-refractivity contribution is -0.138. The molecule has 1 aromatic carbocycles. The third kappa shape index (κ3) is 5.19. The molecule has 27 heavy (non-hydrogen) atoms. The summed E-state index contributed by atoms with van der Waals surface area (Å²) in [6.07, 6.45) is -5.65. The summed E-state index contributed by atoms with van der Waals surface area (Å²) in [4.78, 5) is 36.9. The van der Waals surface area contributed by atoms with Gasteiger partial charge in [-0.05, 0) is 11.6 Å². The molecule has 1 fully saturated rings. The van der Waals surface area contributed by atoms with E-state index in [0.717, 1.165) is 12.1 Å². The van der Waals surface area contributed by atoms with Crippen LogP contribution < -0.4 is 11.1 Å². The van der Waals surface area contributed by atoms with Crippen LogP contribution in [-0.4, -0.2) is 52.5 Å². The second-order valence-corrected chi connectivity index (χ2v) is 6.44. The Bertz CT molecular complexity index is 738. The predicted octanol–water partition coefficient (Wildman–Crippen LogP) is 0.200. The van der Waals surface area contributed by atoms with E-state index in [1.54, 1.807) is 0 Å². The van der Waals surface area contributed by atoms with Crippen molar-refractivity contribution in [3.05, 3.63) is 35.4 Å². The van der Waals surface area contributed by atoms with Gasteiger partial charge in [-0.15, -0.1) is 0 Å². The number of hydrogen-bond acceptors (Lipinski definition) is 4. The summed E-state index contributed by atoms with van der Waals surface area (Å²) in [7, 11) is 0. The van der Waals surface area contributed by atoms with Crippen LogP contribution in [0.15, 0.2) is 24.3 Å². The van der Waals surface area contributed by atoms with Crippen LogP contribution in [0, 0.1) is 0 Å². The number of aliphatic hydroxyl groups is 1. The van der Waals surface area contributed by atoms with Crippen molar-refractivity contribution in [3.8, 4) is 0 Å². The van der Waals surface area contributed by atoms with E-state index in [9.17, 15) is 32.7 Å². The Balaban J connectivity index is 2.13. The number of β-amino-alcohol motifs (C(OH)–C–C–N with tert-alkyl or cyclic N) is 1. The maximum absolute atomic E-state index is 12.8. The van der Waals surface area contributed by atoms with Crippen molar-refractivity contribution in [1.82, 2.24) is 10.2 Å². The van der Waals surface area contributed by atoms with Crippen molar-refractivity contribution in [2.24, 2.45) is 5.73 Å². The van der Waals surface area contributed by atoms with Gasteiger partial charge in [0.05, 0.1) is 11.7 Å². The standard InChI is InChI=1S/C17H20F3N3O4/c1-9(24)23-8-12(25)7-14(23)16(27)22-13(15(21)26)6-10-3-2-4-11(5-10)17(18,19)20/h2-5,12-14,25H,6-8H2,1H3,(H2,21,26)(H,22,27)/t12-,13-,14+/m1/s1. The summed E-state index contributed by atoms with van der Waals surface area (Å²) in [6, 6.07) is 2.13. The molecule has 3 amide bonds. The van der Waals surface area contributed by atoms with Gasteiger partial charge in [0.25, 0.3) is 0 Å². The molecule has 1 aliphatic heterocycles. The van der Waals surface area contributed by atoms with Gasteiger partial charge in [0, 0.05) is 26.3 Å². The van der Waals surface area contributed by atoms with Gasteiger partial charge in [-0.1, -0.05) is 18.2 Å². The Hall–Kier alpha value is -2.62. The molecular formula is C17H20F3N3O4. The smallest absolute Gasteiger partial charge is 0.391 e. The number of nitrogens with two attached hydrogens (primary N) is 1. The van der Waals surface area contributed by atoms with Gasteiger partial charge >= 0.3 is 6.18 Å². The number of amides is 3. The number of carbonyl (C=O) groups excluding carboxylic acids is 3. The van der Waals surface area contributed by atoms with Gasteiger partial charge in [-0.2, -0.15) is 13.2 Å². The van der Waals surface area contributed by atoms with Crippen molar-refractivity contribution in [2.75, 3.05) is 6.54 Å². The first-order valence-corrected chi connectivity index (χ1v) is 8.20. The first kappa shape index (κ1) is 20.7. The Morgan fingerprint density at radius 3 is 2.59 bits per heavy atom. The summed E-state index contributed by atoms with van der Waals surface area (Å²) >= 11 is 0. The van der Waals surface area contributed by atoms with Crippen molar-refractivity contribution in [2.45, 2.75) is 44.1 Å². The zero-order valence-electron chi connectivity index (χ0n) is 14.5. The molecule has 3 atom stereocenters. The number of benzene rings is 1. The highest BCUT2D eigenvalue weighted by molar-refractivity contribution is 5.91. The predicted molar refractivity (Wildman–Crippen MR) is 88.1 cm³/mol. The van der Waals surface area contributed by atoms with E-state index in [1.165, 1.54) is 24.0 Å². The van der Waals surface area contributed by atoms with Crippen molar-refractivity contribution >= 4 is 17.7 Å². The molecule has 1 aromatic rings. The molecule has 0 spiro atoms. The minimum absolute atomic E-state index is 0.000450. The fourth-order valence-corrected chi connectivity index (χ4v) is 3.01. The minimum atomic E-state index is -4.54. The van der Waals surface area contributed by atoms with Gasteiger partial charge in [0.15, 0.2) is 0 Å². The second kappa shape index (κ2) is 7.95. The fraction of sp³-hybridized carbons (Fsp3) is 0.471.